The van der Waals surface area contributed by atoms with Gasteiger partial charge < -0.3 is 15.0 Å². The second-order valence-corrected chi connectivity index (χ2v) is 10.3. The first kappa shape index (κ1) is 23.1. The minimum atomic E-state index is -0.694. The molecule has 0 aromatic heterocycles. The molecule has 1 aromatic carbocycles. The second-order valence-electron chi connectivity index (χ2n) is 10.3. The summed E-state index contributed by atoms with van der Waals surface area (Å²) in [5.41, 5.74) is 1.10. The van der Waals surface area contributed by atoms with Crippen LogP contribution in [-0.4, -0.2) is 79.9 Å². The van der Waals surface area contributed by atoms with Gasteiger partial charge in [0.15, 0.2) is 0 Å². The Kier molecular flexibility index (Phi) is 6.77. The molecule has 5 rings (SSSR count). The minimum Gasteiger partial charge on any atom is -0.495 e. The lowest BCUT2D eigenvalue weighted by Crippen LogP contribution is -2.49. The van der Waals surface area contributed by atoms with Gasteiger partial charge in [-0.05, 0) is 49.1 Å². The van der Waals surface area contributed by atoms with E-state index in [0.29, 0.717) is 31.3 Å². The number of piperazine rings is 1. The maximum Gasteiger partial charge on any atom is 0.252 e. The van der Waals surface area contributed by atoms with Crippen LogP contribution < -0.4 is 15.0 Å². The summed E-state index contributed by atoms with van der Waals surface area (Å²) >= 11 is 0. The van der Waals surface area contributed by atoms with Crippen LogP contribution in [0.25, 0.3) is 0 Å². The third-order valence-electron chi connectivity index (χ3n) is 8.35. The number of amides is 3. The van der Waals surface area contributed by atoms with Crippen molar-refractivity contribution in [3.8, 4) is 5.75 Å². The number of anilines is 1. The Bertz CT molecular complexity index is 929. The summed E-state index contributed by atoms with van der Waals surface area (Å²) in [6.45, 7) is 4.48. The summed E-state index contributed by atoms with van der Waals surface area (Å²) < 4.78 is 5.48. The van der Waals surface area contributed by atoms with Crippen LogP contribution in [0, 0.1) is 17.8 Å². The molecular formula is C26H36N4O4. The van der Waals surface area contributed by atoms with E-state index in [-0.39, 0.29) is 24.1 Å². The normalized spacial score (nSPS) is 29.2. The summed E-state index contributed by atoms with van der Waals surface area (Å²) in [5.74, 6) is 2.30. The minimum absolute atomic E-state index is 0.0713. The van der Waals surface area contributed by atoms with Crippen molar-refractivity contribution < 1.29 is 19.1 Å². The Morgan fingerprint density at radius 2 is 1.85 bits per heavy atom. The number of hydrogen-bond acceptors (Lipinski definition) is 6. The largest absolute Gasteiger partial charge is 0.495 e. The average Bonchev–Trinajstić information content (AvgIpc) is 3.53. The molecule has 1 unspecified atom stereocenters. The number of methoxy groups -OCH3 is 1. The maximum absolute atomic E-state index is 12.8. The highest BCUT2D eigenvalue weighted by Crippen LogP contribution is 2.49. The van der Waals surface area contributed by atoms with E-state index in [1.165, 1.54) is 24.2 Å². The molecule has 0 spiro atoms. The highest BCUT2D eigenvalue weighted by Gasteiger charge is 2.42. The van der Waals surface area contributed by atoms with E-state index >= 15 is 0 Å². The second kappa shape index (κ2) is 9.94. The van der Waals surface area contributed by atoms with Gasteiger partial charge in [-0.15, -0.1) is 0 Å². The number of benzene rings is 1. The van der Waals surface area contributed by atoms with Gasteiger partial charge in [-0.1, -0.05) is 18.6 Å². The zero-order chi connectivity index (χ0) is 23.7. The molecule has 4 fully saturated rings. The Balaban J connectivity index is 1.07. The third kappa shape index (κ3) is 4.78. The quantitative estimate of drug-likeness (QED) is 0.587. The summed E-state index contributed by atoms with van der Waals surface area (Å²) in [7, 11) is 1.69. The number of nitrogens with zero attached hydrogens (tertiary/aromatic N) is 3. The summed E-state index contributed by atoms with van der Waals surface area (Å²) in [4.78, 5) is 43.9. The van der Waals surface area contributed by atoms with Crippen molar-refractivity contribution in [1.82, 2.24) is 15.1 Å². The highest BCUT2D eigenvalue weighted by molar-refractivity contribution is 6.06. The predicted octanol–water partition coefficient (Wildman–Crippen LogP) is 1.89. The van der Waals surface area contributed by atoms with Crippen LogP contribution in [0.4, 0.5) is 5.69 Å². The van der Waals surface area contributed by atoms with Gasteiger partial charge in [-0.25, -0.2) is 0 Å². The Labute approximate surface area is 201 Å². The predicted molar refractivity (Wildman–Crippen MR) is 128 cm³/mol. The van der Waals surface area contributed by atoms with Gasteiger partial charge in [0.2, 0.25) is 11.8 Å². The lowest BCUT2D eigenvalue weighted by molar-refractivity contribution is -0.140. The smallest absolute Gasteiger partial charge is 0.252 e. The van der Waals surface area contributed by atoms with Crippen molar-refractivity contribution in [2.75, 3.05) is 51.3 Å². The zero-order valence-corrected chi connectivity index (χ0v) is 20.1. The molecule has 184 valence electrons. The molecule has 2 saturated heterocycles. The van der Waals surface area contributed by atoms with Crippen molar-refractivity contribution in [3.63, 3.8) is 0 Å². The van der Waals surface area contributed by atoms with Crippen LogP contribution in [0.1, 0.15) is 38.5 Å². The fourth-order valence-corrected chi connectivity index (χ4v) is 6.49. The lowest BCUT2D eigenvalue weighted by atomic mass is 9.86. The summed E-state index contributed by atoms with van der Waals surface area (Å²) in [6.07, 6.45) is 5.54. The number of para-hydroxylation sites is 2. The molecule has 2 aliphatic heterocycles. The van der Waals surface area contributed by atoms with Crippen LogP contribution >= 0.6 is 0 Å². The number of hydrogen-bond donors (Lipinski definition) is 1. The molecule has 4 aliphatic rings. The molecule has 2 bridgehead atoms. The van der Waals surface area contributed by atoms with Crippen molar-refractivity contribution in [3.05, 3.63) is 24.3 Å². The van der Waals surface area contributed by atoms with Gasteiger partial charge >= 0.3 is 0 Å². The number of likely N-dealkylation sites (tertiary alicyclic amines) is 1. The van der Waals surface area contributed by atoms with Crippen LogP contribution in [0.15, 0.2) is 24.3 Å². The van der Waals surface area contributed by atoms with Gasteiger partial charge in [-0.2, -0.15) is 0 Å². The van der Waals surface area contributed by atoms with E-state index in [2.05, 4.69) is 21.2 Å². The first-order valence-electron chi connectivity index (χ1n) is 12.8. The average molecular weight is 469 g/mol. The number of carbonyl (C=O) groups is 3. The number of carbonyl (C=O) groups excluding carboxylic acids is 3. The van der Waals surface area contributed by atoms with E-state index in [4.69, 9.17) is 4.74 Å². The number of nitrogens with one attached hydrogen (secondary N) is 1. The van der Waals surface area contributed by atoms with E-state index in [1.54, 1.807) is 7.11 Å². The molecule has 2 aliphatic carbocycles. The topological polar surface area (TPSA) is 82.2 Å². The molecule has 2 heterocycles. The third-order valence-corrected chi connectivity index (χ3v) is 8.35. The summed E-state index contributed by atoms with van der Waals surface area (Å²) in [6, 6.07) is 7.33. The molecule has 1 aromatic rings. The zero-order valence-electron chi connectivity index (χ0n) is 20.1. The monoisotopic (exact) mass is 468 g/mol. The molecule has 4 atom stereocenters. The van der Waals surface area contributed by atoms with Crippen LogP contribution in [0.2, 0.25) is 0 Å². The first-order valence-corrected chi connectivity index (χ1v) is 12.8. The molecule has 8 heteroatoms. The lowest BCUT2D eigenvalue weighted by Gasteiger charge is -2.37. The van der Waals surface area contributed by atoms with Gasteiger partial charge in [0, 0.05) is 45.7 Å². The summed E-state index contributed by atoms with van der Waals surface area (Å²) in [5, 5.41) is 2.87. The molecule has 0 radical (unpaired) electrons. The standard InChI is InChI=1S/C26H36N4O4/c1-34-23-5-3-2-4-22(23)29-11-8-28(9-12-29)10-13-30-25(32)17-21(26(30)33)27-24(31)16-20-15-18-6-7-19(20)14-18/h2-5,18-21H,6-17H2,1H3,(H,27,31)/t18-,19+,20?,21-/m0/s1. The van der Waals surface area contributed by atoms with Crippen molar-refractivity contribution in [2.45, 2.75) is 44.6 Å². The highest BCUT2D eigenvalue weighted by atomic mass is 16.5. The Morgan fingerprint density at radius 3 is 2.56 bits per heavy atom. The molecule has 8 nitrogen and oxygen atoms in total. The number of ether oxygens (including phenoxy) is 1. The van der Waals surface area contributed by atoms with Crippen molar-refractivity contribution in [2.24, 2.45) is 17.8 Å². The van der Waals surface area contributed by atoms with Gasteiger partial charge in [0.1, 0.15) is 11.8 Å². The van der Waals surface area contributed by atoms with Crippen LogP contribution in [-0.2, 0) is 14.4 Å². The van der Waals surface area contributed by atoms with Crippen LogP contribution in [0.3, 0.4) is 0 Å². The molecule has 2 saturated carbocycles. The number of rotatable bonds is 8. The van der Waals surface area contributed by atoms with E-state index < -0.39 is 6.04 Å². The van der Waals surface area contributed by atoms with E-state index in [1.807, 2.05) is 18.2 Å². The van der Waals surface area contributed by atoms with Gasteiger partial charge in [-0.3, -0.25) is 24.2 Å². The van der Waals surface area contributed by atoms with Gasteiger partial charge in [0.05, 0.1) is 19.2 Å². The van der Waals surface area contributed by atoms with Crippen molar-refractivity contribution >= 4 is 23.4 Å². The molecule has 1 N–H and O–H groups in total. The maximum atomic E-state index is 12.8. The molecule has 34 heavy (non-hydrogen) atoms. The molecular weight excluding hydrogens is 432 g/mol. The Morgan fingerprint density at radius 1 is 1.06 bits per heavy atom. The number of imide groups is 1. The van der Waals surface area contributed by atoms with Crippen LogP contribution in [0.5, 0.6) is 5.75 Å². The van der Waals surface area contributed by atoms with Crippen molar-refractivity contribution in [1.29, 1.82) is 0 Å². The first-order chi connectivity index (χ1) is 16.5. The Hall–Kier alpha value is -2.61. The van der Waals surface area contributed by atoms with E-state index in [0.717, 1.165) is 50.0 Å². The fourth-order valence-electron chi connectivity index (χ4n) is 6.49. The van der Waals surface area contributed by atoms with E-state index in [9.17, 15) is 14.4 Å². The number of fused-ring (bicyclic) bond motifs is 2. The molecule has 3 amide bonds. The SMILES string of the molecule is COc1ccccc1N1CCN(CCN2C(=O)C[C@H](NC(=O)CC3C[C@H]4CC[C@@H]3C4)C2=O)CC1. The van der Waals surface area contributed by atoms with Gasteiger partial charge in [0.25, 0.3) is 5.91 Å². The fraction of sp³-hybridized carbons (Fsp3) is 0.654.